The van der Waals surface area contributed by atoms with Crippen molar-refractivity contribution < 1.29 is 4.74 Å². The monoisotopic (exact) mass is 479 g/mol. The summed E-state index contributed by atoms with van der Waals surface area (Å²) in [4.78, 5) is 4.87. The fraction of sp³-hybridized carbons (Fsp3) is 0.400. The molecular weight excluding hydrogens is 450 g/mol. The lowest BCUT2D eigenvalue weighted by molar-refractivity contribution is 0.330. The highest BCUT2D eigenvalue weighted by Gasteiger charge is 2.25. The predicted octanol–water partition coefficient (Wildman–Crippen LogP) is 6.87. The lowest BCUT2D eigenvalue weighted by atomic mass is 9.95. The minimum atomic E-state index is 0.216. The van der Waals surface area contributed by atoms with Crippen molar-refractivity contribution in [3.63, 3.8) is 0 Å². The van der Waals surface area contributed by atoms with Gasteiger partial charge < -0.3 is 14.6 Å². The molecule has 0 aliphatic heterocycles. The molecule has 2 heterocycles. The fourth-order valence-corrected chi connectivity index (χ4v) is 6.52. The number of hydrogen-bond acceptors (Lipinski definition) is 7. The summed E-state index contributed by atoms with van der Waals surface area (Å²) in [6.07, 6.45) is 6.23. The van der Waals surface area contributed by atoms with E-state index in [9.17, 15) is 0 Å². The lowest BCUT2D eigenvalue weighted by Gasteiger charge is -2.26. The van der Waals surface area contributed by atoms with Crippen LogP contribution < -0.4 is 10.1 Å². The largest absolute Gasteiger partial charge is 0.497 e. The summed E-state index contributed by atoms with van der Waals surface area (Å²) in [6.45, 7) is 2.85. The molecule has 4 aromatic rings. The van der Waals surface area contributed by atoms with Crippen LogP contribution in [0.5, 0.6) is 5.75 Å². The molecule has 0 radical (unpaired) electrons. The third-order valence-electron chi connectivity index (χ3n) is 6.14. The summed E-state index contributed by atoms with van der Waals surface area (Å²) in [5, 5.41) is 15.1. The number of aromatic nitrogens is 4. The van der Waals surface area contributed by atoms with Crippen molar-refractivity contribution in [1.82, 2.24) is 19.7 Å². The van der Waals surface area contributed by atoms with E-state index in [1.807, 2.05) is 24.3 Å². The van der Waals surface area contributed by atoms with Gasteiger partial charge in [0.25, 0.3) is 0 Å². The van der Waals surface area contributed by atoms with Crippen LogP contribution in [0.15, 0.2) is 53.7 Å². The van der Waals surface area contributed by atoms with Crippen molar-refractivity contribution in [3.05, 3.63) is 59.4 Å². The van der Waals surface area contributed by atoms with E-state index in [4.69, 9.17) is 9.72 Å². The standard InChI is InChI=1S/C25H29N5OS2/c1-17(24-27-21-13-6-7-14-22(21)33-24)32-25-29-28-23(30(25)19-10-4-3-5-11-19)16-26-18-9-8-12-20(15-18)31-2/h6-9,12-15,17,19,26H,3-5,10-11,16H2,1-2H3/t17-/m0/s1. The summed E-state index contributed by atoms with van der Waals surface area (Å²) < 4.78 is 8.98. The number of thioether (sulfide) groups is 1. The third kappa shape index (κ3) is 5.01. The Labute approximate surface area is 202 Å². The van der Waals surface area contributed by atoms with Crippen molar-refractivity contribution in [3.8, 4) is 5.75 Å². The summed E-state index contributed by atoms with van der Waals surface area (Å²) in [5.74, 6) is 1.83. The van der Waals surface area contributed by atoms with Crippen molar-refractivity contribution >= 4 is 39.0 Å². The number of anilines is 1. The second-order valence-corrected chi connectivity index (χ2v) is 10.8. The molecular formula is C25H29N5OS2. The molecule has 0 bridgehead atoms. The molecule has 1 fully saturated rings. The van der Waals surface area contributed by atoms with Crippen LogP contribution in [0.2, 0.25) is 0 Å². The first-order valence-electron chi connectivity index (χ1n) is 11.5. The molecule has 5 rings (SSSR count). The summed E-state index contributed by atoms with van der Waals surface area (Å²) in [7, 11) is 1.69. The molecule has 0 saturated heterocycles. The fourth-order valence-electron chi connectivity index (χ4n) is 4.40. The Morgan fingerprint density at radius 2 is 1.97 bits per heavy atom. The summed E-state index contributed by atoms with van der Waals surface area (Å²) in [5.41, 5.74) is 2.09. The number of methoxy groups -OCH3 is 1. The summed E-state index contributed by atoms with van der Waals surface area (Å²) in [6, 6.07) is 16.8. The van der Waals surface area contributed by atoms with E-state index >= 15 is 0 Å². The zero-order valence-electron chi connectivity index (χ0n) is 19.0. The van der Waals surface area contributed by atoms with Crippen LogP contribution in [0.25, 0.3) is 10.2 Å². The van der Waals surface area contributed by atoms with Crippen LogP contribution in [0, 0.1) is 0 Å². The lowest BCUT2D eigenvalue weighted by Crippen LogP contribution is -2.18. The van der Waals surface area contributed by atoms with E-state index < -0.39 is 0 Å². The van der Waals surface area contributed by atoms with Crippen LogP contribution in [-0.4, -0.2) is 26.9 Å². The van der Waals surface area contributed by atoms with E-state index in [-0.39, 0.29) is 5.25 Å². The van der Waals surface area contributed by atoms with Gasteiger partial charge in [-0.2, -0.15) is 0 Å². The van der Waals surface area contributed by atoms with E-state index in [0.717, 1.165) is 32.9 Å². The van der Waals surface area contributed by atoms with Gasteiger partial charge in [-0.25, -0.2) is 4.98 Å². The van der Waals surface area contributed by atoms with Crippen molar-refractivity contribution in [1.29, 1.82) is 0 Å². The Morgan fingerprint density at radius 1 is 1.12 bits per heavy atom. The highest BCUT2D eigenvalue weighted by atomic mass is 32.2. The first-order chi connectivity index (χ1) is 16.2. The normalized spacial score (nSPS) is 15.6. The predicted molar refractivity (Wildman–Crippen MR) is 136 cm³/mol. The van der Waals surface area contributed by atoms with Gasteiger partial charge in [-0.3, -0.25) is 0 Å². The van der Waals surface area contributed by atoms with Gasteiger partial charge in [-0.15, -0.1) is 21.5 Å². The first-order valence-corrected chi connectivity index (χ1v) is 13.2. The van der Waals surface area contributed by atoms with E-state index in [1.165, 1.54) is 36.8 Å². The number of para-hydroxylation sites is 1. The van der Waals surface area contributed by atoms with Gasteiger partial charge in [0.2, 0.25) is 0 Å². The van der Waals surface area contributed by atoms with Gasteiger partial charge in [0.05, 0.1) is 29.1 Å². The second-order valence-electron chi connectivity index (χ2n) is 8.43. The SMILES string of the molecule is COc1cccc(NCc2nnc(S[C@@H](C)c3nc4ccccc4s3)n2C2CCCCC2)c1. The summed E-state index contributed by atoms with van der Waals surface area (Å²) >= 11 is 3.54. The Kier molecular flexibility index (Phi) is 6.83. The molecule has 33 heavy (non-hydrogen) atoms. The average molecular weight is 480 g/mol. The molecule has 0 unspecified atom stereocenters. The maximum atomic E-state index is 5.36. The van der Waals surface area contributed by atoms with E-state index in [1.54, 1.807) is 30.2 Å². The molecule has 0 amide bonds. The number of thiazole rings is 1. The molecule has 172 valence electrons. The number of nitrogens with one attached hydrogen (secondary N) is 1. The first kappa shape index (κ1) is 22.2. The van der Waals surface area contributed by atoms with Gasteiger partial charge in [0, 0.05) is 17.8 Å². The second kappa shape index (κ2) is 10.1. The molecule has 2 aromatic heterocycles. The van der Waals surface area contributed by atoms with Gasteiger partial charge in [0.15, 0.2) is 11.0 Å². The highest BCUT2D eigenvalue weighted by Crippen LogP contribution is 2.40. The molecule has 0 spiro atoms. The zero-order chi connectivity index (χ0) is 22.6. The quantitative estimate of drug-likeness (QED) is 0.278. The van der Waals surface area contributed by atoms with Crippen LogP contribution in [0.4, 0.5) is 5.69 Å². The van der Waals surface area contributed by atoms with Crippen molar-refractivity contribution in [2.45, 2.75) is 62.0 Å². The molecule has 6 nitrogen and oxygen atoms in total. The third-order valence-corrected chi connectivity index (χ3v) is 8.57. The molecule has 1 saturated carbocycles. The van der Waals surface area contributed by atoms with Crippen LogP contribution in [-0.2, 0) is 6.54 Å². The average Bonchev–Trinajstić information content (AvgIpc) is 3.47. The smallest absolute Gasteiger partial charge is 0.192 e. The molecule has 8 heteroatoms. The van der Waals surface area contributed by atoms with Gasteiger partial charge in [0.1, 0.15) is 10.8 Å². The Morgan fingerprint density at radius 3 is 2.79 bits per heavy atom. The van der Waals surface area contributed by atoms with Crippen molar-refractivity contribution in [2.75, 3.05) is 12.4 Å². The van der Waals surface area contributed by atoms with Gasteiger partial charge >= 0.3 is 0 Å². The Bertz CT molecular complexity index is 1180. The van der Waals surface area contributed by atoms with E-state index in [0.29, 0.717) is 12.6 Å². The van der Waals surface area contributed by atoms with E-state index in [2.05, 4.69) is 51.3 Å². The molecule has 1 N–H and O–H groups in total. The highest BCUT2D eigenvalue weighted by molar-refractivity contribution is 7.99. The number of fused-ring (bicyclic) bond motifs is 1. The number of nitrogens with zero attached hydrogens (tertiary/aromatic N) is 4. The Balaban J connectivity index is 1.38. The minimum absolute atomic E-state index is 0.216. The number of hydrogen-bond donors (Lipinski definition) is 1. The maximum Gasteiger partial charge on any atom is 0.192 e. The molecule has 1 atom stereocenters. The number of ether oxygens (including phenoxy) is 1. The zero-order valence-corrected chi connectivity index (χ0v) is 20.7. The molecule has 2 aromatic carbocycles. The van der Waals surface area contributed by atoms with Crippen LogP contribution in [0.1, 0.15) is 61.2 Å². The number of rotatable bonds is 8. The van der Waals surface area contributed by atoms with Gasteiger partial charge in [-0.1, -0.05) is 49.2 Å². The number of benzene rings is 2. The Hall–Kier alpha value is -2.58. The van der Waals surface area contributed by atoms with Crippen LogP contribution in [0.3, 0.4) is 0 Å². The maximum absolute atomic E-state index is 5.36. The minimum Gasteiger partial charge on any atom is -0.497 e. The van der Waals surface area contributed by atoms with Crippen molar-refractivity contribution in [2.24, 2.45) is 0 Å². The molecule has 1 aliphatic rings. The molecule has 1 aliphatic carbocycles. The van der Waals surface area contributed by atoms with Crippen LogP contribution >= 0.6 is 23.1 Å². The topological polar surface area (TPSA) is 64.9 Å². The van der Waals surface area contributed by atoms with Gasteiger partial charge in [-0.05, 0) is 44.0 Å².